The standard InChI is InChI=1S/C13H25NO/c1-11-3-2-7-13(10-15,8-6-11)14-9-12-4-5-12/h11-12,14-15H,2-10H2,1H3. The lowest BCUT2D eigenvalue weighted by Gasteiger charge is -2.32. The molecule has 0 radical (unpaired) electrons. The fraction of sp³-hybridized carbons (Fsp3) is 1.00. The van der Waals surface area contributed by atoms with Gasteiger partial charge in [0.1, 0.15) is 0 Å². The normalized spacial score (nSPS) is 37.6. The molecule has 2 fully saturated rings. The predicted molar refractivity (Wildman–Crippen MR) is 62.8 cm³/mol. The van der Waals surface area contributed by atoms with E-state index in [0.717, 1.165) is 24.8 Å². The molecule has 0 aromatic carbocycles. The van der Waals surface area contributed by atoms with Crippen molar-refractivity contribution >= 4 is 0 Å². The minimum absolute atomic E-state index is 0.0628. The zero-order valence-electron chi connectivity index (χ0n) is 9.97. The Bertz CT molecular complexity index is 203. The van der Waals surface area contributed by atoms with Crippen molar-refractivity contribution in [1.82, 2.24) is 5.32 Å². The van der Waals surface area contributed by atoms with Crippen LogP contribution < -0.4 is 5.32 Å². The molecule has 2 N–H and O–H groups in total. The Labute approximate surface area is 93.5 Å². The lowest BCUT2D eigenvalue weighted by Crippen LogP contribution is -2.49. The van der Waals surface area contributed by atoms with Gasteiger partial charge in [-0.15, -0.1) is 0 Å². The molecular formula is C13H25NO. The van der Waals surface area contributed by atoms with Gasteiger partial charge >= 0.3 is 0 Å². The largest absolute Gasteiger partial charge is 0.394 e. The smallest absolute Gasteiger partial charge is 0.0613 e. The van der Waals surface area contributed by atoms with Gasteiger partial charge in [-0.25, -0.2) is 0 Å². The van der Waals surface area contributed by atoms with Crippen LogP contribution in [0.3, 0.4) is 0 Å². The monoisotopic (exact) mass is 211 g/mol. The Balaban J connectivity index is 1.86. The molecule has 0 aromatic heterocycles. The minimum Gasteiger partial charge on any atom is -0.394 e. The number of nitrogens with one attached hydrogen (secondary N) is 1. The highest BCUT2D eigenvalue weighted by molar-refractivity contribution is 4.92. The number of hydrogen-bond donors (Lipinski definition) is 2. The Morgan fingerprint density at radius 3 is 2.67 bits per heavy atom. The van der Waals surface area contributed by atoms with E-state index in [1.807, 2.05) is 0 Å². The Morgan fingerprint density at radius 1 is 1.20 bits per heavy atom. The summed E-state index contributed by atoms with van der Waals surface area (Å²) in [6.07, 6.45) is 9.01. The molecule has 2 saturated carbocycles. The first-order valence-corrected chi connectivity index (χ1v) is 6.60. The van der Waals surface area contributed by atoms with E-state index in [9.17, 15) is 5.11 Å². The molecule has 2 heteroatoms. The zero-order chi connectivity index (χ0) is 10.7. The topological polar surface area (TPSA) is 32.3 Å². The van der Waals surface area contributed by atoms with Gasteiger partial charge in [-0.05, 0) is 50.5 Å². The highest BCUT2D eigenvalue weighted by atomic mass is 16.3. The number of hydrogen-bond acceptors (Lipinski definition) is 2. The highest BCUT2D eigenvalue weighted by Crippen LogP contribution is 2.32. The van der Waals surface area contributed by atoms with Crippen molar-refractivity contribution in [1.29, 1.82) is 0 Å². The summed E-state index contributed by atoms with van der Waals surface area (Å²) in [7, 11) is 0. The summed E-state index contributed by atoms with van der Waals surface area (Å²) in [5.74, 6) is 1.76. The maximum atomic E-state index is 9.62. The van der Waals surface area contributed by atoms with Gasteiger partial charge < -0.3 is 10.4 Å². The van der Waals surface area contributed by atoms with Gasteiger partial charge in [-0.2, -0.15) is 0 Å². The van der Waals surface area contributed by atoms with Crippen molar-refractivity contribution in [2.75, 3.05) is 13.2 Å². The van der Waals surface area contributed by atoms with Gasteiger partial charge in [0.15, 0.2) is 0 Å². The van der Waals surface area contributed by atoms with Crippen LogP contribution in [0.15, 0.2) is 0 Å². The third-order valence-corrected chi connectivity index (χ3v) is 4.23. The summed E-state index contributed by atoms with van der Waals surface area (Å²) in [4.78, 5) is 0. The van der Waals surface area contributed by atoms with Crippen LogP contribution in [-0.4, -0.2) is 23.8 Å². The summed E-state index contributed by atoms with van der Waals surface area (Å²) in [6.45, 7) is 3.80. The molecule has 0 spiro atoms. The number of aliphatic hydroxyl groups excluding tert-OH is 1. The van der Waals surface area contributed by atoms with Gasteiger partial charge in [0.2, 0.25) is 0 Å². The van der Waals surface area contributed by atoms with Gasteiger partial charge in [0, 0.05) is 5.54 Å². The Morgan fingerprint density at radius 2 is 2.00 bits per heavy atom. The predicted octanol–water partition coefficient (Wildman–Crippen LogP) is 2.32. The van der Waals surface area contributed by atoms with Crippen LogP contribution in [0.25, 0.3) is 0 Å². The lowest BCUT2D eigenvalue weighted by molar-refractivity contribution is 0.142. The molecule has 88 valence electrons. The van der Waals surface area contributed by atoms with E-state index in [0.29, 0.717) is 6.61 Å². The van der Waals surface area contributed by atoms with E-state index in [1.54, 1.807) is 0 Å². The van der Waals surface area contributed by atoms with Crippen LogP contribution in [0.1, 0.15) is 51.9 Å². The highest BCUT2D eigenvalue weighted by Gasteiger charge is 2.33. The average Bonchev–Trinajstić information content (AvgIpc) is 3.04. The minimum atomic E-state index is 0.0628. The van der Waals surface area contributed by atoms with Crippen LogP contribution in [0.4, 0.5) is 0 Å². The van der Waals surface area contributed by atoms with Crippen LogP contribution in [0.5, 0.6) is 0 Å². The first-order chi connectivity index (χ1) is 7.24. The molecule has 2 atom stereocenters. The maximum absolute atomic E-state index is 9.62. The van der Waals surface area contributed by atoms with Crippen LogP contribution in [0, 0.1) is 11.8 Å². The molecule has 2 aliphatic rings. The first kappa shape index (κ1) is 11.4. The molecule has 2 aliphatic carbocycles. The SMILES string of the molecule is CC1CCCC(CO)(NCC2CC2)CC1. The Hall–Kier alpha value is -0.0800. The maximum Gasteiger partial charge on any atom is 0.0613 e. The molecular weight excluding hydrogens is 186 g/mol. The molecule has 2 rings (SSSR count). The molecule has 0 aromatic rings. The quantitative estimate of drug-likeness (QED) is 0.699. The molecule has 0 saturated heterocycles. The molecule has 2 nitrogen and oxygen atoms in total. The van der Waals surface area contributed by atoms with E-state index in [2.05, 4.69) is 12.2 Å². The van der Waals surface area contributed by atoms with Crippen LogP contribution in [0.2, 0.25) is 0 Å². The summed E-state index contributed by atoms with van der Waals surface area (Å²) in [6, 6.07) is 0. The number of rotatable bonds is 4. The van der Waals surface area contributed by atoms with E-state index < -0.39 is 0 Å². The van der Waals surface area contributed by atoms with Crippen molar-refractivity contribution in [3.05, 3.63) is 0 Å². The van der Waals surface area contributed by atoms with Crippen LogP contribution in [-0.2, 0) is 0 Å². The second kappa shape index (κ2) is 4.84. The second-order valence-electron chi connectivity index (χ2n) is 5.80. The van der Waals surface area contributed by atoms with E-state index in [4.69, 9.17) is 0 Å². The summed E-state index contributed by atoms with van der Waals surface area (Å²) in [5.41, 5.74) is 0.0628. The fourth-order valence-electron chi connectivity index (χ4n) is 2.65. The Kier molecular flexibility index (Phi) is 3.68. The van der Waals surface area contributed by atoms with E-state index >= 15 is 0 Å². The molecule has 15 heavy (non-hydrogen) atoms. The molecule has 0 aliphatic heterocycles. The average molecular weight is 211 g/mol. The molecule has 0 amide bonds. The third kappa shape index (κ3) is 3.18. The van der Waals surface area contributed by atoms with Crippen LogP contribution >= 0.6 is 0 Å². The van der Waals surface area contributed by atoms with Crippen molar-refractivity contribution in [3.63, 3.8) is 0 Å². The van der Waals surface area contributed by atoms with Crippen molar-refractivity contribution in [3.8, 4) is 0 Å². The third-order valence-electron chi connectivity index (χ3n) is 4.23. The molecule has 0 heterocycles. The number of aliphatic hydroxyl groups is 1. The van der Waals surface area contributed by atoms with Gasteiger partial charge in [0.25, 0.3) is 0 Å². The molecule has 2 unspecified atom stereocenters. The van der Waals surface area contributed by atoms with Crippen molar-refractivity contribution in [2.45, 2.75) is 57.4 Å². The second-order valence-corrected chi connectivity index (χ2v) is 5.80. The zero-order valence-corrected chi connectivity index (χ0v) is 9.97. The summed E-state index contributed by atoms with van der Waals surface area (Å²) >= 11 is 0. The fourth-order valence-corrected chi connectivity index (χ4v) is 2.65. The molecule has 0 bridgehead atoms. The lowest BCUT2D eigenvalue weighted by atomic mass is 9.90. The summed E-state index contributed by atoms with van der Waals surface area (Å²) in [5, 5.41) is 13.3. The van der Waals surface area contributed by atoms with Gasteiger partial charge in [-0.3, -0.25) is 0 Å². The van der Waals surface area contributed by atoms with Crippen molar-refractivity contribution in [2.24, 2.45) is 11.8 Å². The van der Waals surface area contributed by atoms with Crippen molar-refractivity contribution < 1.29 is 5.11 Å². The first-order valence-electron chi connectivity index (χ1n) is 6.60. The summed E-state index contributed by atoms with van der Waals surface area (Å²) < 4.78 is 0. The van der Waals surface area contributed by atoms with E-state index in [1.165, 1.54) is 38.5 Å². The van der Waals surface area contributed by atoms with Gasteiger partial charge in [0.05, 0.1) is 6.61 Å². The van der Waals surface area contributed by atoms with E-state index in [-0.39, 0.29) is 5.54 Å². The van der Waals surface area contributed by atoms with Gasteiger partial charge in [-0.1, -0.05) is 19.8 Å².